The SMILES string of the molecule is CC(Cc1cccs1)N(C)c1ccc(N)c(C(F)(F)F)c1. The van der Waals surface area contributed by atoms with Crippen LogP contribution in [-0.2, 0) is 12.6 Å². The maximum absolute atomic E-state index is 12.9. The molecule has 0 saturated heterocycles. The summed E-state index contributed by atoms with van der Waals surface area (Å²) in [5, 5.41) is 1.99. The lowest BCUT2D eigenvalue weighted by Crippen LogP contribution is -2.30. The first-order valence-corrected chi connectivity index (χ1v) is 7.39. The number of alkyl halides is 3. The average Bonchev–Trinajstić information content (AvgIpc) is 2.90. The molecule has 0 saturated carbocycles. The average molecular weight is 314 g/mol. The second-order valence-corrected chi connectivity index (χ2v) is 6.04. The summed E-state index contributed by atoms with van der Waals surface area (Å²) in [5.74, 6) is 0. The summed E-state index contributed by atoms with van der Waals surface area (Å²) < 4.78 is 38.7. The molecule has 0 aliphatic rings. The lowest BCUT2D eigenvalue weighted by atomic mass is 10.1. The van der Waals surface area contributed by atoms with Gasteiger partial charge in [0, 0.05) is 35.8 Å². The normalized spacial score (nSPS) is 13.2. The Hall–Kier alpha value is -1.69. The summed E-state index contributed by atoms with van der Waals surface area (Å²) in [6.07, 6.45) is -3.64. The third-order valence-electron chi connectivity index (χ3n) is 3.49. The molecule has 21 heavy (non-hydrogen) atoms. The minimum atomic E-state index is -4.43. The molecule has 0 bridgehead atoms. The largest absolute Gasteiger partial charge is 0.418 e. The number of hydrogen-bond donors (Lipinski definition) is 1. The fourth-order valence-corrected chi connectivity index (χ4v) is 2.95. The Kier molecular flexibility index (Phi) is 4.46. The molecular weight excluding hydrogens is 297 g/mol. The van der Waals surface area contributed by atoms with Crippen molar-refractivity contribution in [2.45, 2.75) is 25.6 Å². The summed E-state index contributed by atoms with van der Waals surface area (Å²) in [5.41, 5.74) is 4.91. The van der Waals surface area contributed by atoms with Crippen molar-refractivity contribution in [2.75, 3.05) is 17.7 Å². The number of likely N-dealkylation sites (N-methyl/N-ethyl adjacent to an activating group) is 1. The van der Waals surface area contributed by atoms with Gasteiger partial charge in [-0.15, -0.1) is 11.3 Å². The van der Waals surface area contributed by atoms with Crippen LogP contribution in [-0.4, -0.2) is 13.1 Å². The molecule has 1 atom stereocenters. The summed E-state index contributed by atoms with van der Waals surface area (Å²) in [4.78, 5) is 3.05. The highest BCUT2D eigenvalue weighted by Crippen LogP contribution is 2.36. The lowest BCUT2D eigenvalue weighted by molar-refractivity contribution is -0.136. The molecule has 0 aliphatic heterocycles. The van der Waals surface area contributed by atoms with Gasteiger partial charge in [0.1, 0.15) is 0 Å². The fourth-order valence-electron chi connectivity index (χ4n) is 2.12. The van der Waals surface area contributed by atoms with Crippen LogP contribution in [0.5, 0.6) is 0 Å². The summed E-state index contributed by atoms with van der Waals surface area (Å²) >= 11 is 1.65. The van der Waals surface area contributed by atoms with Gasteiger partial charge < -0.3 is 10.6 Å². The van der Waals surface area contributed by atoms with E-state index in [9.17, 15) is 13.2 Å². The third kappa shape index (κ3) is 3.69. The molecule has 1 unspecified atom stereocenters. The van der Waals surface area contributed by atoms with Crippen molar-refractivity contribution in [3.8, 4) is 0 Å². The minimum Gasteiger partial charge on any atom is -0.398 e. The molecule has 0 amide bonds. The van der Waals surface area contributed by atoms with Crippen molar-refractivity contribution in [3.05, 3.63) is 46.2 Å². The van der Waals surface area contributed by atoms with E-state index in [4.69, 9.17) is 5.73 Å². The van der Waals surface area contributed by atoms with Crippen molar-refractivity contribution in [3.63, 3.8) is 0 Å². The number of hydrogen-bond acceptors (Lipinski definition) is 3. The standard InChI is InChI=1S/C15H17F3N2S/c1-10(8-12-4-3-7-21-12)20(2)11-5-6-14(19)13(9-11)15(16,17)18/h3-7,9-10H,8,19H2,1-2H3. The third-order valence-corrected chi connectivity index (χ3v) is 4.39. The number of benzene rings is 1. The van der Waals surface area contributed by atoms with Crippen molar-refractivity contribution in [1.82, 2.24) is 0 Å². The van der Waals surface area contributed by atoms with Crippen molar-refractivity contribution in [1.29, 1.82) is 0 Å². The molecule has 2 N–H and O–H groups in total. The molecule has 2 rings (SSSR count). The Morgan fingerprint density at radius 3 is 2.57 bits per heavy atom. The highest BCUT2D eigenvalue weighted by molar-refractivity contribution is 7.09. The molecule has 114 valence electrons. The Balaban J connectivity index is 2.21. The lowest BCUT2D eigenvalue weighted by Gasteiger charge is -2.27. The number of thiophene rings is 1. The second-order valence-electron chi connectivity index (χ2n) is 5.01. The summed E-state index contributed by atoms with van der Waals surface area (Å²) in [6, 6.07) is 8.13. The highest BCUT2D eigenvalue weighted by atomic mass is 32.1. The van der Waals surface area contributed by atoms with Gasteiger partial charge in [0.05, 0.1) is 5.56 Å². The van der Waals surface area contributed by atoms with E-state index < -0.39 is 11.7 Å². The highest BCUT2D eigenvalue weighted by Gasteiger charge is 2.33. The molecule has 2 aromatic rings. The van der Waals surface area contributed by atoms with Gasteiger partial charge in [-0.2, -0.15) is 13.2 Å². The van der Waals surface area contributed by atoms with Crippen LogP contribution in [0.15, 0.2) is 35.7 Å². The van der Waals surface area contributed by atoms with Gasteiger partial charge in [-0.25, -0.2) is 0 Å². The van der Waals surface area contributed by atoms with Crippen LogP contribution in [0.3, 0.4) is 0 Å². The van der Waals surface area contributed by atoms with Crippen molar-refractivity contribution >= 4 is 22.7 Å². The number of nitrogens with two attached hydrogens (primary N) is 1. The van der Waals surface area contributed by atoms with Crippen LogP contribution in [0.25, 0.3) is 0 Å². The molecule has 1 heterocycles. The van der Waals surface area contributed by atoms with E-state index in [0.717, 1.165) is 12.5 Å². The molecular formula is C15H17F3N2S. The van der Waals surface area contributed by atoms with Gasteiger partial charge >= 0.3 is 6.18 Å². The van der Waals surface area contributed by atoms with Crippen LogP contribution < -0.4 is 10.6 Å². The van der Waals surface area contributed by atoms with Gasteiger partial charge in [0.15, 0.2) is 0 Å². The Labute approximate surface area is 126 Å². The Morgan fingerprint density at radius 2 is 2.00 bits per heavy atom. The van der Waals surface area contributed by atoms with Crippen LogP contribution in [0.1, 0.15) is 17.4 Å². The maximum Gasteiger partial charge on any atom is 0.418 e. The number of anilines is 2. The topological polar surface area (TPSA) is 29.3 Å². The molecule has 1 aromatic heterocycles. The van der Waals surface area contributed by atoms with E-state index >= 15 is 0 Å². The molecule has 0 radical (unpaired) electrons. The first-order valence-electron chi connectivity index (χ1n) is 6.51. The summed E-state index contributed by atoms with van der Waals surface area (Å²) in [7, 11) is 1.80. The van der Waals surface area contributed by atoms with Gasteiger partial charge in [0.25, 0.3) is 0 Å². The predicted octanol–water partition coefficient (Wildman–Crippen LogP) is 4.42. The van der Waals surface area contributed by atoms with Crippen LogP contribution in [0, 0.1) is 0 Å². The van der Waals surface area contributed by atoms with Crippen LogP contribution in [0.4, 0.5) is 24.5 Å². The molecule has 0 spiro atoms. The maximum atomic E-state index is 12.9. The fraction of sp³-hybridized carbons (Fsp3) is 0.333. The van der Waals surface area contributed by atoms with E-state index in [1.807, 2.05) is 29.3 Å². The first-order chi connectivity index (χ1) is 9.79. The first kappa shape index (κ1) is 15.7. The monoisotopic (exact) mass is 314 g/mol. The molecule has 2 nitrogen and oxygen atoms in total. The Bertz CT molecular complexity index is 593. The van der Waals surface area contributed by atoms with E-state index in [0.29, 0.717) is 5.69 Å². The van der Waals surface area contributed by atoms with Crippen LogP contribution >= 0.6 is 11.3 Å². The molecule has 0 aliphatic carbocycles. The zero-order valence-corrected chi connectivity index (χ0v) is 12.6. The van der Waals surface area contributed by atoms with Gasteiger partial charge in [0.2, 0.25) is 0 Å². The van der Waals surface area contributed by atoms with E-state index in [1.54, 1.807) is 24.5 Å². The molecule has 1 aromatic carbocycles. The zero-order valence-electron chi connectivity index (χ0n) is 11.8. The van der Waals surface area contributed by atoms with E-state index in [-0.39, 0.29) is 11.7 Å². The molecule has 6 heteroatoms. The van der Waals surface area contributed by atoms with Crippen molar-refractivity contribution < 1.29 is 13.2 Å². The van der Waals surface area contributed by atoms with E-state index in [1.165, 1.54) is 10.9 Å². The quantitative estimate of drug-likeness (QED) is 0.847. The van der Waals surface area contributed by atoms with Crippen molar-refractivity contribution in [2.24, 2.45) is 0 Å². The number of nitrogen functional groups attached to an aromatic ring is 1. The number of rotatable bonds is 4. The smallest absolute Gasteiger partial charge is 0.398 e. The zero-order chi connectivity index (χ0) is 15.6. The second kappa shape index (κ2) is 5.97. The number of nitrogens with zero attached hydrogens (tertiary/aromatic N) is 1. The number of halogens is 3. The molecule has 0 fully saturated rings. The Morgan fingerprint density at radius 1 is 1.29 bits per heavy atom. The van der Waals surface area contributed by atoms with Gasteiger partial charge in [-0.3, -0.25) is 0 Å². The predicted molar refractivity (Wildman–Crippen MR) is 81.7 cm³/mol. The van der Waals surface area contributed by atoms with Gasteiger partial charge in [-0.1, -0.05) is 6.07 Å². The summed E-state index contributed by atoms with van der Waals surface area (Å²) in [6.45, 7) is 1.99. The van der Waals surface area contributed by atoms with Crippen LogP contribution in [0.2, 0.25) is 0 Å². The van der Waals surface area contributed by atoms with E-state index in [2.05, 4.69) is 0 Å². The van der Waals surface area contributed by atoms with Gasteiger partial charge in [-0.05, 0) is 36.6 Å². The minimum absolute atomic E-state index is 0.0911.